The molecule has 2 fully saturated rings. The molecule has 0 atom stereocenters. The average molecular weight is 499 g/mol. The zero-order chi connectivity index (χ0) is 25.7. The number of hydrogen-bond donors (Lipinski definition) is 1. The molecule has 2 aliphatic rings. The number of rotatable bonds is 8. The van der Waals surface area contributed by atoms with E-state index in [1.54, 1.807) is 10.7 Å². The summed E-state index contributed by atoms with van der Waals surface area (Å²) in [5, 5.41) is 13.6. The lowest BCUT2D eigenvalue weighted by Crippen LogP contribution is -2.28. The van der Waals surface area contributed by atoms with Gasteiger partial charge in [-0.05, 0) is 67.0 Å². The lowest BCUT2D eigenvalue weighted by molar-refractivity contribution is -0.160. The highest BCUT2D eigenvalue weighted by atomic mass is 19.4. The van der Waals surface area contributed by atoms with Gasteiger partial charge in [0.15, 0.2) is 5.83 Å². The molecule has 3 aromatic rings. The highest BCUT2D eigenvalue weighted by Gasteiger charge is 2.64. The molecule has 0 saturated heterocycles. The molecule has 2 aromatic carbocycles. The Labute approximate surface area is 206 Å². The number of carbonyl (C=O) groups is 1. The van der Waals surface area contributed by atoms with Crippen molar-refractivity contribution >= 4 is 17.9 Å². The highest BCUT2D eigenvalue weighted by Crippen LogP contribution is 2.58. The van der Waals surface area contributed by atoms with E-state index in [0.717, 1.165) is 29.7 Å². The van der Waals surface area contributed by atoms with Crippen molar-refractivity contribution in [2.45, 2.75) is 62.6 Å². The zero-order valence-corrected chi connectivity index (χ0v) is 19.8. The van der Waals surface area contributed by atoms with Crippen molar-refractivity contribution in [3.8, 4) is 0 Å². The zero-order valence-electron chi connectivity index (χ0n) is 19.8. The van der Waals surface area contributed by atoms with Gasteiger partial charge in [-0.3, -0.25) is 9.48 Å². The van der Waals surface area contributed by atoms with Crippen LogP contribution in [0.2, 0.25) is 0 Å². The van der Waals surface area contributed by atoms with E-state index < -0.39 is 23.4 Å². The Balaban J connectivity index is 1.31. The van der Waals surface area contributed by atoms with Gasteiger partial charge in [-0.1, -0.05) is 48.5 Å². The van der Waals surface area contributed by atoms with Crippen LogP contribution in [0.15, 0.2) is 54.6 Å². The molecule has 1 aromatic heterocycles. The standard InChI is InChI=1S/C28H26F4N2O2/c1-18-13-24(23(29)15-19-5-7-21(8-6-19)27(11-12-27)28(30,31)32)33-34(18)17-20-3-2-4-22(14-20)26(9-10-26)16-25(35)36/h2-8,13-15H,9-12,16-17H2,1H3,(H,35,36)/b23-15-. The SMILES string of the molecule is Cc1cc(/C(F)=C/c2ccc(C3(C(F)(F)F)CC3)cc2)nn1Cc1cccc(C2(CC(=O)O)CC2)c1. The second kappa shape index (κ2) is 8.61. The molecular formula is C28H26F4N2O2. The van der Waals surface area contributed by atoms with Crippen molar-refractivity contribution in [2.75, 3.05) is 0 Å². The van der Waals surface area contributed by atoms with E-state index in [1.165, 1.54) is 30.3 Å². The monoisotopic (exact) mass is 498 g/mol. The molecule has 5 rings (SSSR count). The predicted molar refractivity (Wildman–Crippen MR) is 128 cm³/mol. The van der Waals surface area contributed by atoms with Gasteiger partial charge in [0, 0.05) is 11.1 Å². The number of hydrogen-bond acceptors (Lipinski definition) is 2. The second-order valence-electron chi connectivity index (χ2n) is 10.1. The molecule has 0 aliphatic heterocycles. The predicted octanol–water partition coefficient (Wildman–Crippen LogP) is 6.81. The molecule has 36 heavy (non-hydrogen) atoms. The van der Waals surface area contributed by atoms with Crippen molar-refractivity contribution in [1.82, 2.24) is 9.78 Å². The third kappa shape index (κ3) is 4.56. The number of alkyl halides is 3. The van der Waals surface area contributed by atoms with E-state index in [4.69, 9.17) is 0 Å². The van der Waals surface area contributed by atoms with Crippen LogP contribution in [0.3, 0.4) is 0 Å². The molecule has 0 radical (unpaired) electrons. The van der Waals surface area contributed by atoms with Crippen LogP contribution >= 0.6 is 0 Å². The fourth-order valence-electron chi connectivity index (χ4n) is 4.95. The quantitative estimate of drug-likeness (QED) is 0.347. The first-order valence-corrected chi connectivity index (χ1v) is 11.9. The maximum atomic E-state index is 15.0. The molecule has 188 valence electrons. The Morgan fingerprint density at radius 2 is 1.75 bits per heavy atom. The highest BCUT2D eigenvalue weighted by molar-refractivity contribution is 5.75. The number of aliphatic carboxylic acids is 1. The molecule has 1 heterocycles. The van der Waals surface area contributed by atoms with E-state index in [0.29, 0.717) is 12.1 Å². The van der Waals surface area contributed by atoms with Gasteiger partial charge in [0.2, 0.25) is 0 Å². The molecule has 2 aliphatic carbocycles. The number of halogens is 4. The second-order valence-corrected chi connectivity index (χ2v) is 10.1. The van der Waals surface area contributed by atoms with Crippen LogP contribution in [0.1, 0.15) is 65.7 Å². The van der Waals surface area contributed by atoms with Crippen LogP contribution in [-0.4, -0.2) is 27.0 Å². The summed E-state index contributed by atoms with van der Waals surface area (Å²) in [7, 11) is 0. The van der Waals surface area contributed by atoms with Gasteiger partial charge in [0.05, 0.1) is 18.4 Å². The maximum absolute atomic E-state index is 15.0. The molecule has 1 N–H and O–H groups in total. The Morgan fingerprint density at radius 3 is 2.33 bits per heavy atom. The van der Waals surface area contributed by atoms with Crippen LogP contribution in [0, 0.1) is 6.92 Å². The van der Waals surface area contributed by atoms with Crippen molar-refractivity contribution in [3.63, 3.8) is 0 Å². The summed E-state index contributed by atoms with van der Waals surface area (Å²) in [4.78, 5) is 11.2. The number of carboxylic acids is 1. The Bertz CT molecular complexity index is 1330. The van der Waals surface area contributed by atoms with Crippen LogP contribution < -0.4 is 0 Å². The van der Waals surface area contributed by atoms with E-state index in [1.807, 2.05) is 31.2 Å². The van der Waals surface area contributed by atoms with Crippen molar-refractivity contribution < 1.29 is 27.5 Å². The molecule has 0 bridgehead atoms. The molecule has 2 saturated carbocycles. The van der Waals surface area contributed by atoms with Gasteiger partial charge in [0.1, 0.15) is 5.69 Å². The minimum Gasteiger partial charge on any atom is -0.481 e. The fourth-order valence-corrected chi connectivity index (χ4v) is 4.95. The molecule has 0 spiro atoms. The minimum atomic E-state index is -4.28. The van der Waals surface area contributed by atoms with Gasteiger partial charge in [-0.15, -0.1) is 0 Å². The van der Waals surface area contributed by atoms with E-state index in [2.05, 4.69) is 5.10 Å². The van der Waals surface area contributed by atoms with Gasteiger partial charge in [-0.25, -0.2) is 4.39 Å². The Kier molecular flexibility index (Phi) is 5.80. The first kappa shape index (κ1) is 24.3. The first-order valence-electron chi connectivity index (χ1n) is 11.9. The Morgan fingerprint density at radius 1 is 1.06 bits per heavy atom. The van der Waals surface area contributed by atoms with E-state index >= 15 is 0 Å². The first-order chi connectivity index (χ1) is 17.0. The van der Waals surface area contributed by atoms with Crippen LogP contribution in [0.5, 0.6) is 0 Å². The third-order valence-electron chi connectivity index (χ3n) is 7.49. The summed E-state index contributed by atoms with van der Waals surface area (Å²) >= 11 is 0. The number of aryl methyl sites for hydroxylation is 1. The number of nitrogens with zero attached hydrogens (tertiary/aromatic N) is 2. The largest absolute Gasteiger partial charge is 0.481 e. The van der Waals surface area contributed by atoms with E-state index in [9.17, 15) is 27.5 Å². The molecule has 0 unspecified atom stereocenters. The van der Waals surface area contributed by atoms with Crippen LogP contribution in [0.25, 0.3) is 11.9 Å². The lowest BCUT2D eigenvalue weighted by atomic mass is 9.91. The summed E-state index contributed by atoms with van der Waals surface area (Å²) < 4.78 is 56.7. The topological polar surface area (TPSA) is 55.1 Å². The number of benzene rings is 2. The summed E-state index contributed by atoms with van der Waals surface area (Å²) in [6.45, 7) is 2.23. The molecule has 4 nitrogen and oxygen atoms in total. The van der Waals surface area contributed by atoms with Gasteiger partial charge in [-0.2, -0.15) is 18.3 Å². The summed E-state index contributed by atoms with van der Waals surface area (Å²) in [6.07, 6.45) is -1.04. The van der Waals surface area contributed by atoms with Crippen molar-refractivity contribution in [1.29, 1.82) is 0 Å². The Hall–Kier alpha value is -3.42. The summed E-state index contributed by atoms with van der Waals surface area (Å²) in [6, 6.07) is 15.3. The van der Waals surface area contributed by atoms with Crippen molar-refractivity contribution in [2.24, 2.45) is 0 Å². The van der Waals surface area contributed by atoms with E-state index in [-0.39, 0.29) is 35.9 Å². The normalized spacial score (nSPS) is 18.2. The minimum absolute atomic E-state index is 0.0835. The third-order valence-corrected chi connectivity index (χ3v) is 7.49. The van der Waals surface area contributed by atoms with Crippen LogP contribution in [0.4, 0.5) is 17.6 Å². The molecule has 8 heteroatoms. The molecule has 0 amide bonds. The van der Waals surface area contributed by atoms with Gasteiger partial charge < -0.3 is 5.11 Å². The summed E-state index contributed by atoms with van der Waals surface area (Å²) in [5.41, 5.74) is 1.46. The average Bonchev–Trinajstić information content (AvgIpc) is 3.73. The van der Waals surface area contributed by atoms with Crippen molar-refractivity contribution in [3.05, 3.63) is 88.2 Å². The summed E-state index contributed by atoms with van der Waals surface area (Å²) in [5.74, 6) is -1.39. The number of aromatic nitrogens is 2. The van der Waals surface area contributed by atoms with Crippen LogP contribution in [-0.2, 0) is 22.2 Å². The van der Waals surface area contributed by atoms with Gasteiger partial charge in [0.25, 0.3) is 0 Å². The molecular weight excluding hydrogens is 472 g/mol. The smallest absolute Gasteiger partial charge is 0.398 e. The fraction of sp³-hybridized carbons (Fsp3) is 0.357. The maximum Gasteiger partial charge on any atom is 0.398 e. The van der Waals surface area contributed by atoms with Gasteiger partial charge >= 0.3 is 12.1 Å². The lowest BCUT2D eigenvalue weighted by Gasteiger charge is -2.19. The number of carboxylic acid groups (broad SMARTS) is 1.